The van der Waals surface area contributed by atoms with E-state index >= 15 is 0 Å². The average molecular weight is 203 g/mol. The summed E-state index contributed by atoms with van der Waals surface area (Å²) in [6.45, 7) is 4.53. The highest BCUT2D eigenvalue weighted by Gasteiger charge is 2.21. The second-order valence-corrected chi connectivity index (χ2v) is 5.03. The third-order valence-electron chi connectivity index (χ3n) is 3.79. The Labute approximate surface area is 92.7 Å². The maximum Gasteiger partial charge on any atom is 0.0346 e. The number of rotatable bonds is 1. The Hall–Kier alpha value is -0.980. The van der Waals surface area contributed by atoms with Gasteiger partial charge in [-0.25, -0.2) is 0 Å². The number of hydrogen-bond acceptors (Lipinski definition) is 1. The van der Waals surface area contributed by atoms with Crippen LogP contribution in [0, 0.1) is 12.8 Å². The standard InChI is InChI=1S/C14H21N/c1-10-5-3-6-12(9-10)13-7-4-8-14(15)11(13)2/h4,7-8,10,12H,3,5-6,9,15H2,1-2H3. The summed E-state index contributed by atoms with van der Waals surface area (Å²) >= 11 is 0. The topological polar surface area (TPSA) is 26.0 Å². The number of hydrogen-bond donors (Lipinski definition) is 1. The van der Waals surface area contributed by atoms with E-state index in [1.807, 2.05) is 6.07 Å². The zero-order chi connectivity index (χ0) is 10.8. The lowest BCUT2D eigenvalue weighted by molar-refractivity contribution is 0.343. The Morgan fingerprint density at radius 2 is 2.07 bits per heavy atom. The summed E-state index contributed by atoms with van der Waals surface area (Å²) in [5.74, 6) is 1.63. The predicted molar refractivity (Wildman–Crippen MR) is 66.0 cm³/mol. The molecule has 2 atom stereocenters. The van der Waals surface area contributed by atoms with E-state index in [9.17, 15) is 0 Å². The van der Waals surface area contributed by atoms with Crippen LogP contribution in [0.1, 0.15) is 49.7 Å². The third-order valence-corrected chi connectivity index (χ3v) is 3.79. The van der Waals surface area contributed by atoms with Crippen molar-refractivity contribution in [2.75, 3.05) is 5.73 Å². The fraction of sp³-hybridized carbons (Fsp3) is 0.571. The van der Waals surface area contributed by atoms with Crippen LogP contribution in [0.4, 0.5) is 5.69 Å². The van der Waals surface area contributed by atoms with Crippen molar-refractivity contribution in [3.63, 3.8) is 0 Å². The SMILES string of the molecule is Cc1c(N)cccc1C1CCCC(C)C1. The van der Waals surface area contributed by atoms with Crippen molar-refractivity contribution in [3.8, 4) is 0 Å². The van der Waals surface area contributed by atoms with Gasteiger partial charge in [-0.15, -0.1) is 0 Å². The molecule has 0 saturated heterocycles. The minimum Gasteiger partial charge on any atom is -0.399 e. The normalized spacial score (nSPS) is 26.5. The van der Waals surface area contributed by atoms with Gasteiger partial charge in [0.15, 0.2) is 0 Å². The van der Waals surface area contributed by atoms with Crippen LogP contribution >= 0.6 is 0 Å². The Morgan fingerprint density at radius 3 is 2.80 bits per heavy atom. The molecule has 1 saturated carbocycles. The summed E-state index contributed by atoms with van der Waals surface area (Å²) in [5.41, 5.74) is 9.70. The van der Waals surface area contributed by atoms with Crippen molar-refractivity contribution in [2.45, 2.75) is 45.4 Å². The van der Waals surface area contributed by atoms with Gasteiger partial charge in [0.2, 0.25) is 0 Å². The molecule has 1 fully saturated rings. The quantitative estimate of drug-likeness (QED) is 0.689. The number of nitrogen functional groups attached to an aromatic ring is 1. The molecule has 1 aromatic carbocycles. The van der Waals surface area contributed by atoms with Gasteiger partial charge in [-0.2, -0.15) is 0 Å². The summed E-state index contributed by atoms with van der Waals surface area (Å²) in [7, 11) is 0. The van der Waals surface area contributed by atoms with Crippen LogP contribution in [0.15, 0.2) is 18.2 Å². The van der Waals surface area contributed by atoms with Crippen molar-refractivity contribution in [1.82, 2.24) is 0 Å². The van der Waals surface area contributed by atoms with Gasteiger partial charge in [0.25, 0.3) is 0 Å². The van der Waals surface area contributed by atoms with Crippen molar-refractivity contribution in [3.05, 3.63) is 29.3 Å². The molecule has 0 aliphatic heterocycles. The van der Waals surface area contributed by atoms with E-state index in [0.29, 0.717) is 0 Å². The van der Waals surface area contributed by atoms with Gasteiger partial charge in [0.1, 0.15) is 0 Å². The molecule has 15 heavy (non-hydrogen) atoms. The second kappa shape index (κ2) is 4.26. The van der Waals surface area contributed by atoms with Gasteiger partial charge < -0.3 is 5.73 Å². The van der Waals surface area contributed by atoms with Crippen LogP contribution in [0.2, 0.25) is 0 Å². The molecule has 2 rings (SSSR count). The molecule has 2 N–H and O–H groups in total. The maximum atomic E-state index is 5.96. The first-order chi connectivity index (χ1) is 7.18. The van der Waals surface area contributed by atoms with Crippen LogP contribution in [-0.2, 0) is 0 Å². The highest BCUT2D eigenvalue weighted by atomic mass is 14.6. The first-order valence-electron chi connectivity index (χ1n) is 6.03. The van der Waals surface area contributed by atoms with E-state index < -0.39 is 0 Å². The molecule has 0 amide bonds. The molecule has 82 valence electrons. The number of nitrogens with two attached hydrogens (primary N) is 1. The highest BCUT2D eigenvalue weighted by molar-refractivity contribution is 5.51. The molecule has 0 aromatic heterocycles. The van der Waals surface area contributed by atoms with E-state index in [4.69, 9.17) is 5.73 Å². The van der Waals surface area contributed by atoms with Crippen molar-refractivity contribution >= 4 is 5.69 Å². The van der Waals surface area contributed by atoms with Gasteiger partial charge in [0.05, 0.1) is 0 Å². The second-order valence-electron chi connectivity index (χ2n) is 5.03. The Morgan fingerprint density at radius 1 is 1.27 bits per heavy atom. The van der Waals surface area contributed by atoms with E-state index in [0.717, 1.165) is 17.5 Å². The zero-order valence-electron chi connectivity index (χ0n) is 9.79. The van der Waals surface area contributed by atoms with Gasteiger partial charge in [-0.05, 0) is 48.8 Å². The largest absolute Gasteiger partial charge is 0.399 e. The van der Waals surface area contributed by atoms with Crippen LogP contribution in [-0.4, -0.2) is 0 Å². The highest BCUT2D eigenvalue weighted by Crippen LogP contribution is 2.38. The molecule has 1 nitrogen and oxygen atoms in total. The van der Waals surface area contributed by atoms with Gasteiger partial charge >= 0.3 is 0 Å². The van der Waals surface area contributed by atoms with Crippen LogP contribution in [0.3, 0.4) is 0 Å². The molecule has 1 aliphatic rings. The lowest BCUT2D eigenvalue weighted by Gasteiger charge is -2.28. The average Bonchev–Trinajstić information content (AvgIpc) is 2.22. The molecule has 0 radical (unpaired) electrons. The molecular weight excluding hydrogens is 182 g/mol. The minimum atomic E-state index is 0.747. The Balaban J connectivity index is 2.24. The monoisotopic (exact) mass is 203 g/mol. The zero-order valence-corrected chi connectivity index (χ0v) is 9.79. The Kier molecular flexibility index (Phi) is 2.99. The lowest BCUT2D eigenvalue weighted by atomic mass is 9.77. The van der Waals surface area contributed by atoms with Crippen molar-refractivity contribution in [2.24, 2.45) is 5.92 Å². The maximum absolute atomic E-state index is 5.96. The smallest absolute Gasteiger partial charge is 0.0346 e. The first-order valence-corrected chi connectivity index (χ1v) is 6.03. The molecule has 1 aliphatic carbocycles. The fourth-order valence-electron chi connectivity index (χ4n) is 2.83. The van der Waals surface area contributed by atoms with E-state index in [-0.39, 0.29) is 0 Å². The molecule has 0 heterocycles. The fourth-order valence-corrected chi connectivity index (χ4v) is 2.83. The Bertz CT molecular complexity index is 343. The molecule has 1 aromatic rings. The van der Waals surface area contributed by atoms with Crippen molar-refractivity contribution in [1.29, 1.82) is 0 Å². The van der Waals surface area contributed by atoms with Crippen LogP contribution in [0.5, 0.6) is 0 Å². The summed E-state index contributed by atoms with van der Waals surface area (Å²) in [6, 6.07) is 6.36. The predicted octanol–water partition coefficient (Wildman–Crippen LogP) is 3.87. The van der Waals surface area contributed by atoms with Crippen LogP contribution in [0.25, 0.3) is 0 Å². The number of anilines is 1. The van der Waals surface area contributed by atoms with Crippen LogP contribution < -0.4 is 5.73 Å². The molecule has 1 heteroatoms. The van der Waals surface area contributed by atoms with Gasteiger partial charge in [-0.1, -0.05) is 31.9 Å². The van der Waals surface area contributed by atoms with Crippen molar-refractivity contribution < 1.29 is 0 Å². The third kappa shape index (κ3) is 2.17. The summed E-state index contributed by atoms with van der Waals surface area (Å²) in [4.78, 5) is 0. The summed E-state index contributed by atoms with van der Waals surface area (Å²) < 4.78 is 0. The lowest BCUT2D eigenvalue weighted by Crippen LogP contribution is -2.13. The molecule has 0 spiro atoms. The van der Waals surface area contributed by atoms with Gasteiger partial charge in [0, 0.05) is 5.69 Å². The van der Waals surface area contributed by atoms with E-state index in [2.05, 4.69) is 26.0 Å². The molecule has 0 bridgehead atoms. The summed E-state index contributed by atoms with van der Waals surface area (Å²) in [5, 5.41) is 0. The first kappa shape index (κ1) is 10.5. The van der Waals surface area contributed by atoms with E-state index in [1.165, 1.54) is 36.8 Å². The molecular formula is C14H21N. The van der Waals surface area contributed by atoms with E-state index in [1.54, 1.807) is 0 Å². The number of benzene rings is 1. The minimum absolute atomic E-state index is 0.747. The summed E-state index contributed by atoms with van der Waals surface area (Å²) in [6.07, 6.45) is 5.46. The molecule has 2 unspecified atom stereocenters. The van der Waals surface area contributed by atoms with Gasteiger partial charge in [-0.3, -0.25) is 0 Å².